The van der Waals surface area contributed by atoms with Crippen molar-refractivity contribution in [3.8, 4) is 0 Å². The molecule has 0 aliphatic rings. The molecule has 1 nitrogen and oxygen atoms in total. The zero-order valence-electron chi connectivity index (χ0n) is 13.7. The summed E-state index contributed by atoms with van der Waals surface area (Å²) in [6, 6.07) is 15.7. The summed E-state index contributed by atoms with van der Waals surface area (Å²) in [4.78, 5) is 0. The van der Waals surface area contributed by atoms with E-state index in [0.717, 1.165) is 19.5 Å². The van der Waals surface area contributed by atoms with Gasteiger partial charge in [-0.25, -0.2) is 0 Å². The van der Waals surface area contributed by atoms with Crippen molar-refractivity contribution in [3.05, 3.63) is 70.3 Å². The standard InChI is InChI=1S/C20H27N/c1-5-21-14-19(20-9-7-6-8-17(20)4)13-18-11-15(2)10-16(3)12-18/h6-12,19,21H,5,13-14H2,1-4H3. The number of hydrogen-bond donors (Lipinski definition) is 1. The summed E-state index contributed by atoms with van der Waals surface area (Å²) in [6.45, 7) is 10.8. The molecule has 0 aromatic heterocycles. The third kappa shape index (κ3) is 4.44. The summed E-state index contributed by atoms with van der Waals surface area (Å²) in [7, 11) is 0. The molecule has 112 valence electrons. The van der Waals surface area contributed by atoms with Crippen molar-refractivity contribution in [3.63, 3.8) is 0 Å². The average Bonchev–Trinajstić information content (AvgIpc) is 2.43. The highest BCUT2D eigenvalue weighted by atomic mass is 14.8. The van der Waals surface area contributed by atoms with E-state index in [1.165, 1.54) is 27.8 Å². The summed E-state index contributed by atoms with van der Waals surface area (Å²) in [5, 5.41) is 3.52. The Labute approximate surface area is 129 Å². The smallest absolute Gasteiger partial charge is 0.00233 e. The summed E-state index contributed by atoms with van der Waals surface area (Å²) in [6.07, 6.45) is 1.10. The van der Waals surface area contributed by atoms with E-state index in [9.17, 15) is 0 Å². The molecule has 21 heavy (non-hydrogen) atoms. The van der Waals surface area contributed by atoms with Crippen LogP contribution in [-0.4, -0.2) is 13.1 Å². The Kier molecular flexibility index (Phi) is 5.58. The Hall–Kier alpha value is -1.60. The molecule has 0 bridgehead atoms. The van der Waals surface area contributed by atoms with E-state index in [-0.39, 0.29) is 0 Å². The van der Waals surface area contributed by atoms with Gasteiger partial charge in [0.05, 0.1) is 0 Å². The van der Waals surface area contributed by atoms with Crippen molar-refractivity contribution in [2.45, 2.75) is 40.0 Å². The van der Waals surface area contributed by atoms with Crippen molar-refractivity contribution >= 4 is 0 Å². The first-order valence-electron chi connectivity index (χ1n) is 7.93. The molecule has 0 amide bonds. The molecule has 1 heteroatoms. The highest BCUT2D eigenvalue weighted by molar-refractivity contribution is 5.34. The molecular formula is C20H27N. The molecular weight excluding hydrogens is 254 g/mol. The molecule has 0 aliphatic carbocycles. The van der Waals surface area contributed by atoms with Crippen LogP contribution in [0.15, 0.2) is 42.5 Å². The lowest BCUT2D eigenvalue weighted by molar-refractivity contribution is 0.592. The number of benzene rings is 2. The van der Waals surface area contributed by atoms with Crippen molar-refractivity contribution < 1.29 is 0 Å². The van der Waals surface area contributed by atoms with Crippen LogP contribution in [0.25, 0.3) is 0 Å². The molecule has 0 heterocycles. The normalized spacial score (nSPS) is 12.4. The Bertz CT molecular complexity index is 566. The van der Waals surface area contributed by atoms with Crippen molar-refractivity contribution in [1.29, 1.82) is 0 Å². The lowest BCUT2D eigenvalue weighted by atomic mass is 9.88. The maximum absolute atomic E-state index is 3.52. The fourth-order valence-corrected chi connectivity index (χ4v) is 3.13. The molecule has 2 aromatic carbocycles. The average molecular weight is 281 g/mol. The zero-order valence-corrected chi connectivity index (χ0v) is 13.7. The number of hydrogen-bond acceptors (Lipinski definition) is 1. The zero-order chi connectivity index (χ0) is 15.2. The van der Waals surface area contributed by atoms with Gasteiger partial charge in [-0.15, -0.1) is 0 Å². The van der Waals surface area contributed by atoms with Crippen LogP contribution >= 0.6 is 0 Å². The topological polar surface area (TPSA) is 12.0 Å². The van der Waals surface area contributed by atoms with Gasteiger partial charge in [0.2, 0.25) is 0 Å². The number of likely N-dealkylation sites (N-methyl/N-ethyl adjacent to an activating group) is 1. The van der Waals surface area contributed by atoms with Gasteiger partial charge >= 0.3 is 0 Å². The second-order valence-electron chi connectivity index (χ2n) is 6.06. The minimum Gasteiger partial charge on any atom is -0.316 e. The van der Waals surface area contributed by atoms with E-state index < -0.39 is 0 Å². The van der Waals surface area contributed by atoms with Crippen LogP contribution in [0.3, 0.4) is 0 Å². The van der Waals surface area contributed by atoms with Crippen LogP contribution in [0.4, 0.5) is 0 Å². The predicted molar refractivity (Wildman–Crippen MR) is 92.1 cm³/mol. The van der Waals surface area contributed by atoms with E-state index in [2.05, 4.69) is 75.5 Å². The highest BCUT2D eigenvalue weighted by Gasteiger charge is 2.14. The van der Waals surface area contributed by atoms with Gasteiger partial charge in [0.25, 0.3) is 0 Å². The van der Waals surface area contributed by atoms with Gasteiger partial charge in [-0.1, -0.05) is 60.5 Å². The molecule has 1 atom stereocenters. The quantitative estimate of drug-likeness (QED) is 0.819. The molecule has 0 saturated heterocycles. The van der Waals surface area contributed by atoms with E-state index in [4.69, 9.17) is 0 Å². The predicted octanol–water partition coefficient (Wildman–Crippen LogP) is 4.55. The maximum atomic E-state index is 3.52. The molecule has 0 aliphatic heterocycles. The van der Waals surface area contributed by atoms with E-state index >= 15 is 0 Å². The van der Waals surface area contributed by atoms with E-state index in [1.807, 2.05) is 0 Å². The Morgan fingerprint density at radius 1 is 0.952 bits per heavy atom. The van der Waals surface area contributed by atoms with Crippen molar-refractivity contribution in [2.24, 2.45) is 0 Å². The van der Waals surface area contributed by atoms with Crippen molar-refractivity contribution in [2.75, 3.05) is 13.1 Å². The second-order valence-corrected chi connectivity index (χ2v) is 6.06. The Morgan fingerprint density at radius 3 is 2.24 bits per heavy atom. The lowest BCUT2D eigenvalue weighted by Crippen LogP contribution is -2.23. The van der Waals surface area contributed by atoms with Gasteiger partial charge in [0.15, 0.2) is 0 Å². The maximum Gasteiger partial charge on any atom is 0.00233 e. The molecule has 1 N–H and O–H groups in total. The van der Waals surface area contributed by atoms with Gasteiger partial charge in [-0.2, -0.15) is 0 Å². The largest absolute Gasteiger partial charge is 0.316 e. The minimum absolute atomic E-state index is 0.535. The van der Waals surface area contributed by atoms with Crippen LogP contribution < -0.4 is 5.32 Å². The minimum atomic E-state index is 0.535. The summed E-state index contributed by atoms with van der Waals surface area (Å²) < 4.78 is 0. The van der Waals surface area contributed by atoms with Gasteiger partial charge < -0.3 is 5.32 Å². The molecule has 2 rings (SSSR count). The van der Waals surface area contributed by atoms with E-state index in [0.29, 0.717) is 5.92 Å². The summed E-state index contributed by atoms with van der Waals surface area (Å²) in [5.41, 5.74) is 7.02. The van der Waals surface area contributed by atoms with E-state index in [1.54, 1.807) is 0 Å². The third-order valence-electron chi connectivity index (χ3n) is 4.03. The van der Waals surface area contributed by atoms with Gasteiger partial charge in [0.1, 0.15) is 0 Å². The Balaban J connectivity index is 2.26. The molecule has 0 saturated carbocycles. The summed E-state index contributed by atoms with van der Waals surface area (Å²) in [5.74, 6) is 0.535. The Morgan fingerprint density at radius 2 is 1.62 bits per heavy atom. The molecule has 0 spiro atoms. The third-order valence-corrected chi connectivity index (χ3v) is 4.03. The van der Waals surface area contributed by atoms with Crippen LogP contribution in [-0.2, 0) is 6.42 Å². The lowest BCUT2D eigenvalue weighted by Gasteiger charge is -2.20. The fraction of sp³-hybridized carbons (Fsp3) is 0.400. The van der Waals surface area contributed by atoms with Crippen LogP contribution in [0.1, 0.15) is 40.7 Å². The van der Waals surface area contributed by atoms with Gasteiger partial charge in [0, 0.05) is 12.5 Å². The fourth-order valence-electron chi connectivity index (χ4n) is 3.13. The monoisotopic (exact) mass is 281 g/mol. The second kappa shape index (κ2) is 7.42. The number of nitrogens with one attached hydrogen (secondary N) is 1. The highest BCUT2D eigenvalue weighted by Crippen LogP contribution is 2.24. The molecule has 0 fully saturated rings. The van der Waals surface area contributed by atoms with Crippen LogP contribution in [0.2, 0.25) is 0 Å². The SMILES string of the molecule is CCNCC(Cc1cc(C)cc(C)c1)c1ccccc1C. The number of rotatable bonds is 6. The number of aryl methyl sites for hydroxylation is 3. The van der Waals surface area contributed by atoms with Crippen molar-refractivity contribution in [1.82, 2.24) is 5.32 Å². The van der Waals surface area contributed by atoms with Gasteiger partial charge in [-0.3, -0.25) is 0 Å². The van der Waals surface area contributed by atoms with Crippen LogP contribution in [0, 0.1) is 20.8 Å². The van der Waals surface area contributed by atoms with Gasteiger partial charge in [-0.05, 0) is 50.4 Å². The first-order chi connectivity index (χ1) is 10.1. The molecule has 2 aromatic rings. The molecule has 1 unspecified atom stereocenters. The summed E-state index contributed by atoms with van der Waals surface area (Å²) >= 11 is 0. The molecule has 0 radical (unpaired) electrons. The first-order valence-corrected chi connectivity index (χ1v) is 7.93. The van der Waals surface area contributed by atoms with Crippen LogP contribution in [0.5, 0.6) is 0 Å². The first kappa shape index (κ1) is 15.8.